The zero-order valence-electron chi connectivity index (χ0n) is 16.2. The molecule has 0 radical (unpaired) electrons. The molecule has 1 aliphatic rings. The molecule has 7 heteroatoms. The Bertz CT molecular complexity index is 861. The van der Waals surface area contributed by atoms with Crippen LogP contribution in [0, 0.1) is 0 Å². The molecule has 1 saturated carbocycles. The maximum Gasteiger partial charge on any atom is 0.262 e. The summed E-state index contributed by atoms with van der Waals surface area (Å²) in [6.45, 7) is 5.10. The molecule has 0 aliphatic heterocycles. The summed E-state index contributed by atoms with van der Waals surface area (Å²) in [6, 6.07) is 7.74. The molecule has 0 bridgehead atoms. The zero-order chi connectivity index (χ0) is 19.4. The van der Waals surface area contributed by atoms with Gasteiger partial charge in [-0.05, 0) is 45.2 Å². The monoisotopic (exact) mass is 389 g/mol. The van der Waals surface area contributed by atoms with Crippen LogP contribution in [0.1, 0.15) is 33.1 Å². The minimum absolute atomic E-state index is 0.0596. The van der Waals surface area contributed by atoms with Crippen LogP contribution in [0.2, 0.25) is 0 Å². The maximum absolute atomic E-state index is 12.9. The number of para-hydroxylation sites is 1. The Morgan fingerprint density at radius 3 is 2.81 bits per heavy atom. The number of carbonyl (C=O) groups is 1. The SMILES string of the molecule is CC(C)OCCCn1c(SCC(=O)N(C)C2CC2)nc2ccccc2c1=O. The highest BCUT2D eigenvalue weighted by Gasteiger charge is 2.29. The van der Waals surface area contributed by atoms with E-state index < -0.39 is 0 Å². The van der Waals surface area contributed by atoms with Crippen LogP contribution >= 0.6 is 11.8 Å². The number of amides is 1. The predicted molar refractivity (Wildman–Crippen MR) is 108 cm³/mol. The summed E-state index contributed by atoms with van der Waals surface area (Å²) in [6.07, 6.45) is 3.06. The first-order chi connectivity index (χ1) is 13.0. The van der Waals surface area contributed by atoms with Gasteiger partial charge in [0.25, 0.3) is 5.56 Å². The third kappa shape index (κ3) is 5.11. The Kier molecular flexibility index (Phi) is 6.55. The first-order valence-electron chi connectivity index (χ1n) is 9.47. The van der Waals surface area contributed by atoms with Crippen LogP contribution in [0.4, 0.5) is 0 Å². The second-order valence-electron chi connectivity index (χ2n) is 7.17. The van der Waals surface area contributed by atoms with Crippen LogP contribution in [0.3, 0.4) is 0 Å². The average Bonchev–Trinajstić information content (AvgIpc) is 3.49. The van der Waals surface area contributed by atoms with Crippen molar-refractivity contribution < 1.29 is 9.53 Å². The van der Waals surface area contributed by atoms with Crippen molar-refractivity contribution in [3.63, 3.8) is 0 Å². The molecule has 3 rings (SSSR count). The molecule has 2 aromatic rings. The van der Waals surface area contributed by atoms with Gasteiger partial charge < -0.3 is 9.64 Å². The summed E-state index contributed by atoms with van der Waals surface area (Å²) in [5.74, 6) is 0.375. The number of thioether (sulfide) groups is 1. The first-order valence-corrected chi connectivity index (χ1v) is 10.5. The van der Waals surface area contributed by atoms with Crippen LogP contribution in [0.15, 0.2) is 34.2 Å². The average molecular weight is 390 g/mol. The molecule has 1 fully saturated rings. The van der Waals surface area contributed by atoms with Crippen LogP contribution in [0.25, 0.3) is 10.9 Å². The van der Waals surface area contributed by atoms with E-state index in [9.17, 15) is 9.59 Å². The third-order valence-electron chi connectivity index (χ3n) is 4.62. The molecular weight excluding hydrogens is 362 g/mol. The Hall–Kier alpha value is -1.86. The Morgan fingerprint density at radius 1 is 1.37 bits per heavy atom. The highest BCUT2D eigenvalue weighted by molar-refractivity contribution is 7.99. The summed E-state index contributed by atoms with van der Waals surface area (Å²) in [5, 5.41) is 1.20. The van der Waals surface area contributed by atoms with E-state index in [4.69, 9.17) is 4.74 Å². The van der Waals surface area contributed by atoms with E-state index in [-0.39, 0.29) is 17.6 Å². The molecule has 1 amide bonds. The quantitative estimate of drug-likeness (QED) is 0.375. The molecule has 146 valence electrons. The van der Waals surface area contributed by atoms with Gasteiger partial charge in [-0.15, -0.1) is 0 Å². The number of rotatable bonds is 9. The van der Waals surface area contributed by atoms with Gasteiger partial charge in [0.2, 0.25) is 5.91 Å². The first kappa shape index (κ1) is 19.9. The van der Waals surface area contributed by atoms with Crippen molar-refractivity contribution in [1.82, 2.24) is 14.5 Å². The fourth-order valence-electron chi connectivity index (χ4n) is 2.89. The van der Waals surface area contributed by atoms with E-state index in [1.807, 2.05) is 44.0 Å². The number of hydrogen-bond acceptors (Lipinski definition) is 5. The standard InChI is InChI=1S/C20H27N3O3S/c1-14(2)26-12-6-11-23-19(25)16-7-4-5-8-17(16)21-20(23)27-13-18(24)22(3)15-9-10-15/h4-5,7-8,14-15H,6,9-13H2,1-3H3. The highest BCUT2D eigenvalue weighted by Crippen LogP contribution is 2.26. The smallest absolute Gasteiger partial charge is 0.262 e. The van der Waals surface area contributed by atoms with Gasteiger partial charge in [0.05, 0.1) is 22.8 Å². The Labute approximate surface area is 163 Å². The van der Waals surface area contributed by atoms with Crippen LogP contribution in [-0.4, -0.2) is 51.9 Å². The molecule has 0 atom stereocenters. The summed E-state index contributed by atoms with van der Waals surface area (Å²) >= 11 is 1.34. The molecule has 0 spiro atoms. The van der Waals surface area contributed by atoms with Crippen molar-refractivity contribution in [2.24, 2.45) is 0 Å². The van der Waals surface area contributed by atoms with Crippen molar-refractivity contribution in [3.05, 3.63) is 34.6 Å². The minimum Gasteiger partial charge on any atom is -0.379 e. The summed E-state index contributed by atoms with van der Waals surface area (Å²) < 4.78 is 7.27. The summed E-state index contributed by atoms with van der Waals surface area (Å²) in [4.78, 5) is 31.8. The van der Waals surface area contributed by atoms with E-state index in [2.05, 4.69) is 4.98 Å². The van der Waals surface area contributed by atoms with Crippen LogP contribution in [0.5, 0.6) is 0 Å². The van der Waals surface area contributed by atoms with Gasteiger partial charge in [-0.3, -0.25) is 14.2 Å². The van der Waals surface area contributed by atoms with Crippen LogP contribution in [-0.2, 0) is 16.1 Å². The molecule has 1 aromatic heterocycles. The number of ether oxygens (including phenoxy) is 1. The Morgan fingerprint density at radius 2 is 2.11 bits per heavy atom. The van der Waals surface area contributed by atoms with Crippen molar-refractivity contribution in [2.45, 2.75) is 57.0 Å². The molecule has 1 aromatic carbocycles. The van der Waals surface area contributed by atoms with Crippen molar-refractivity contribution >= 4 is 28.6 Å². The maximum atomic E-state index is 12.9. The summed E-state index contributed by atoms with van der Waals surface area (Å²) in [7, 11) is 1.85. The van der Waals surface area contributed by atoms with Gasteiger partial charge in [0.15, 0.2) is 5.16 Å². The molecule has 0 unspecified atom stereocenters. The van der Waals surface area contributed by atoms with Gasteiger partial charge in [-0.25, -0.2) is 4.98 Å². The third-order valence-corrected chi connectivity index (χ3v) is 5.58. The minimum atomic E-state index is -0.0596. The number of carbonyl (C=O) groups excluding carboxylic acids is 1. The van der Waals surface area contributed by atoms with Gasteiger partial charge >= 0.3 is 0 Å². The van der Waals surface area contributed by atoms with Crippen molar-refractivity contribution in [2.75, 3.05) is 19.4 Å². The van der Waals surface area contributed by atoms with Gasteiger partial charge in [0, 0.05) is 26.2 Å². The molecule has 6 nitrogen and oxygen atoms in total. The van der Waals surface area contributed by atoms with Crippen molar-refractivity contribution in [1.29, 1.82) is 0 Å². The number of hydrogen-bond donors (Lipinski definition) is 0. The second kappa shape index (κ2) is 8.89. The second-order valence-corrected chi connectivity index (χ2v) is 8.11. The number of benzene rings is 1. The van der Waals surface area contributed by atoms with Crippen molar-refractivity contribution in [3.8, 4) is 0 Å². The van der Waals surface area contributed by atoms with Gasteiger partial charge in [0.1, 0.15) is 0 Å². The zero-order valence-corrected chi connectivity index (χ0v) is 17.0. The Balaban J connectivity index is 1.78. The predicted octanol–water partition coefficient (Wildman–Crippen LogP) is 2.92. The lowest BCUT2D eigenvalue weighted by atomic mass is 10.2. The molecule has 0 N–H and O–H groups in total. The van der Waals surface area contributed by atoms with E-state index in [1.165, 1.54) is 11.8 Å². The topological polar surface area (TPSA) is 64.4 Å². The lowest BCUT2D eigenvalue weighted by Crippen LogP contribution is -2.31. The van der Waals surface area contributed by atoms with E-state index >= 15 is 0 Å². The number of fused-ring (bicyclic) bond motifs is 1. The van der Waals surface area contributed by atoms with E-state index in [0.29, 0.717) is 41.0 Å². The summed E-state index contributed by atoms with van der Waals surface area (Å²) in [5.41, 5.74) is 0.610. The largest absolute Gasteiger partial charge is 0.379 e. The lowest BCUT2D eigenvalue weighted by molar-refractivity contribution is -0.127. The number of aromatic nitrogens is 2. The number of nitrogens with zero attached hydrogens (tertiary/aromatic N) is 3. The fourth-order valence-corrected chi connectivity index (χ4v) is 3.84. The van der Waals surface area contributed by atoms with E-state index in [1.54, 1.807) is 10.6 Å². The molecular formula is C20H27N3O3S. The normalized spacial score (nSPS) is 14.1. The molecule has 0 saturated heterocycles. The molecule has 27 heavy (non-hydrogen) atoms. The van der Waals surface area contributed by atoms with E-state index in [0.717, 1.165) is 19.3 Å². The van der Waals surface area contributed by atoms with Gasteiger partial charge in [-0.1, -0.05) is 23.9 Å². The molecule has 1 heterocycles. The van der Waals surface area contributed by atoms with Gasteiger partial charge in [-0.2, -0.15) is 0 Å². The lowest BCUT2D eigenvalue weighted by Gasteiger charge is -2.17. The highest BCUT2D eigenvalue weighted by atomic mass is 32.2. The van der Waals surface area contributed by atoms with Crippen LogP contribution < -0.4 is 5.56 Å². The molecule has 1 aliphatic carbocycles. The fraction of sp³-hybridized carbons (Fsp3) is 0.550.